The van der Waals surface area contributed by atoms with Gasteiger partial charge in [0.15, 0.2) is 0 Å². The molecule has 1 heterocycles. The fraction of sp³-hybridized carbons (Fsp3) is 0.600. The highest BCUT2D eigenvalue weighted by Gasteiger charge is 2.09. The average Bonchev–Trinajstić information content (AvgIpc) is 2.45. The molecule has 0 N–H and O–H groups in total. The molecule has 1 atom stereocenters. The maximum Gasteiger partial charge on any atom is 0.0529 e. The van der Waals surface area contributed by atoms with Gasteiger partial charge in [0, 0.05) is 10.6 Å². The molecule has 0 radical (unpaired) electrons. The van der Waals surface area contributed by atoms with Gasteiger partial charge in [-0.05, 0) is 57.5 Å². The lowest BCUT2D eigenvalue weighted by molar-refractivity contribution is 0.226. The molecule has 1 aliphatic heterocycles. The van der Waals surface area contributed by atoms with Crippen LogP contribution >= 0.6 is 0 Å². The zero-order chi connectivity index (χ0) is 12.6. The highest BCUT2D eigenvalue weighted by molar-refractivity contribution is 7.85. The predicted octanol–water partition coefficient (Wildman–Crippen LogP) is 3.06. The van der Waals surface area contributed by atoms with Crippen molar-refractivity contribution in [2.45, 2.75) is 37.0 Å². The molecule has 2 rings (SSSR count). The van der Waals surface area contributed by atoms with Gasteiger partial charge in [-0.25, -0.2) is 0 Å². The molecule has 1 fully saturated rings. The SMILES string of the molecule is O=S(CCCCN1CCCCC1)c1ccccc1. The third-order valence-electron chi connectivity index (χ3n) is 3.51. The van der Waals surface area contributed by atoms with Crippen LogP contribution in [0.3, 0.4) is 0 Å². The molecule has 0 saturated carbocycles. The molecule has 1 saturated heterocycles. The second kappa shape index (κ2) is 7.70. The summed E-state index contributed by atoms with van der Waals surface area (Å²) < 4.78 is 12.0. The summed E-state index contributed by atoms with van der Waals surface area (Å²) in [5.74, 6) is 0.803. The molecule has 0 aliphatic carbocycles. The van der Waals surface area contributed by atoms with Gasteiger partial charge in [-0.2, -0.15) is 0 Å². The minimum atomic E-state index is -0.808. The van der Waals surface area contributed by atoms with Crippen LogP contribution in [0, 0.1) is 0 Å². The molecular weight excluding hydrogens is 242 g/mol. The molecule has 1 unspecified atom stereocenters. The number of rotatable bonds is 6. The quantitative estimate of drug-likeness (QED) is 0.737. The molecule has 1 aromatic carbocycles. The van der Waals surface area contributed by atoms with Crippen LogP contribution in [0.2, 0.25) is 0 Å². The Bertz CT molecular complexity index is 360. The number of likely N-dealkylation sites (tertiary alicyclic amines) is 1. The van der Waals surface area contributed by atoms with E-state index in [1.54, 1.807) is 0 Å². The molecule has 100 valence electrons. The van der Waals surface area contributed by atoms with Crippen molar-refractivity contribution < 1.29 is 4.21 Å². The van der Waals surface area contributed by atoms with E-state index in [4.69, 9.17) is 0 Å². The first kappa shape index (κ1) is 13.8. The van der Waals surface area contributed by atoms with Crippen molar-refractivity contribution in [2.75, 3.05) is 25.4 Å². The second-order valence-corrected chi connectivity index (χ2v) is 6.54. The molecule has 1 aromatic rings. The lowest BCUT2D eigenvalue weighted by Gasteiger charge is -2.26. The molecule has 0 aromatic heterocycles. The van der Waals surface area contributed by atoms with Crippen molar-refractivity contribution in [3.63, 3.8) is 0 Å². The summed E-state index contributed by atoms with van der Waals surface area (Å²) >= 11 is 0. The summed E-state index contributed by atoms with van der Waals surface area (Å²) in [5, 5.41) is 0. The number of unbranched alkanes of at least 4 members (excludes halogenated alkanes) is 1. The van der Waals surface area contributed by atoms with Crippen LogP contribution in [0.25, 0.3) is 0 Å². The lowest BCUT2D eigenvalue weighted by atomic mass is 10.1. The van der Waals surface area contributed by atoms with Crippen LogP contribution in [0.5, 0.6) is 0 Å². The zero-order valence-electron chi connectivity index (χ0n) is 11.0. The first-order valence-corrected chi connectivity index (χ1v) is 8.34. The summed E-state index contributed by atoms with van der Waals surface area (Å²) in [7, 11) is -0.808. The van der Waals surface area contributed by atoms with Crippen molar-refractivity contribution in [1.82, 2.24) is 4.90 Å². The summed E-state index contributed by atoms with van der Waals surface area (Å²) in [6.07, 6.45) is 6.36. The third kappa shape index (κ3) is 4.54. The topological polar surface area (TPSA) is 20.3 Å². The normalized spacial score (nSPS) is 18.7. The van der Waals surface area contributed by atoms with E-state index >= 15 is 0 Å². The highest BCUT2D eigenvalue weighted by Crippen LogP contribution is 2.11. The zero-order valence-corrected chi connectivity index (χ0v) is 11.8. The molecule has 0 spiro atoms. The van der Waals surface area contributed by atoms with Gasteiger partial charge in [0.05, 0.1) is 10.8 Å². The Balaban J connectivity index is 1.62. The summed E-state index contributed by atoms with van der Waals surface area (Å²) in [6, 6.07) is 9.81. The number of nitrogens with zero attached hydrogens (tertiary/aromatic N) is 1. The van der Waals surface area contributed by atoms with Crippen LogP contribution < -0.4 is 0 Å². The molecule has 18 heavy (non-hydrogen) atoms. The predicted molar refractivity (Wildman–Crippen MR) is 77.2 cm³/mol. The van der Waals surface area contributed by atoms with Crippen molar-refractivity contribution in [3.05, 3.63) is 30.3 Å². The van der Waals surface area contributed by atoms with Crippen LogP contribution in [0.15, 0.2) is 35.2 Å². The van der Waals surface area contributed by atoms with Gasteiger partial charge in [0.1, 0.15) is 0 Å². The fourth-order valence-corrected chi connectivity index (χ4v) is 3.60. The molecule has 1 aliphatic rings. The largest absolute Gasteiger partial charge is 0.303 e. The van der Waals surface area contributed by atoms with E-state index < -0.39 is 10.8 Å². The van der Waals surface area contributed by atoms with Crippen molar-refractivity contribution in [1.29, 1.82) is 0 Å². The van der Waals surface area contributed by atoms with Gasteiger partial charge < -0.3 is 4.90 Å². The van der Waals surface area contributed by atoms with Crippen LogP contribution in [-0.2, 0) is 10.8 Å². The van der Waals surface area contributed by atoms with Crippen molar-refractivity contribution in [2.24, 2.45) is 0 Å². The molecule has 0 amide bonds. The second-order valence-electron chi connectivity index (χ2n) is 4.97. The molecular formula is C15H23NOS. The van der Waals surface area contributed by atoms with Crippen LogP contribution in [0.1, 0.15) is 32.1 Å². The number of hydrogen-bond donors (Lipinski definition) is 0. The smallest absolute Gasteiger partial charge is 0.0529 e. The Labute approximate surface area is 113 Å². The van der Waals surface area contributed by atoms with E-state index in [1.807, 2.05) is 30.3 Å². The Kier molecular flexibility index (Phi) is 5.88. The lowest BCUT2D eigenvalue weighted by Crippen LogP contribution is -2.30. The summed E-state index contributed by atoms with van der Waals surface area (Å²) in [6.45, 7) is 3.72. The molecule has 3 heteroatoms. The Hall–Kier alpha value is -0.670. The van der Waals surface area contributed by atoms with E-state index in [0.29, 0.717) is 0 Å². The number of piperidine rings is 1. The standard InChI is InChI=1S/C15H23NOS/c17-18(15-9-3-1-4-10-15)14-8-7-13-16-11-5-2-6-12-16/h1,3-4,9-10H,2,5-8,11-14H2. The van der Waals surface area contributed by atoms with Gasteiger partial charge in [-0.1, -0.05) is 24.6 Å². The third-order valence-corrected chi connectivity index (χ3v) is 4.97. The maximum atomic E-state index is 12.0. The minimum absolute atomic E-state index is 0.803. The van der Waals surface area contributed by atoms with Crippen LogP contribution in [0.4, 0.5) is 0 Å². The summed E-state index contributed by atoms with van der Waals surface area (Å²) in [4.78, 5) is 3.52. The van der Waals surface area contributed by atoms with Gasteiger partial charge in [0.25, 0.3) is 0 Å². The summed E-state index contributed by atoms with van der Waals surface area (Å²) in [5.41, 5.74) is 0. The molecule has 0 bridgehead atoms. The van der Waals surface area contributed by atoms with Gasteiger partial charge in [-0.15, -0.1) is 0 Å². The van der Waals surface area contributed by atoms with E-state index in [0.717, 1.165) is 17.1 Å². The monoisotopic (exact) mass is 265 g/mol. The maximum absolute atomic E-state index is 12.0. The molecule has 2 nitrogen and oxygen atoms in total. The minimum Gasteiger partial charge on any atom is -0.303 e. The van der Waals surface area contributed by atoms with Crippen LogP contribution in [-0.4, -0.2) is 34.5 Å². The average molecular weight is 265 g/mol. The van der Waals surface area contributed by atoms with Gasteiger partial charge in [-0.3, -0.25) is 4.21 Å². The van der Waals surface area contributed by atoms with E-state index in [-0.39, 0.29) is 0 Å². The van der Waals surface area contributed by atoms with Gasteiger partial charge in [0.2, 0.25) is 0 Å². The Morgan fingerprint density at radius 2 is 1.72 bits per heavy atom. The highest BCUT2D eigenvalue weighted by atomic mass is 32.2. The number of hydrogen-bond acceptors (Lipinski definition) is 2. The first-order chi connectivity index (χ1) is 8.86. The van der Waals surface area contributed by atoms with Crippen molar-refractivity contribution >= 4 is 10.8 Å². The van der Waals surface area contributed by atoms with E-state index in [1.165, 1.54) is 45.3 Å². The van der Waals surface area contributed by atoms with Crippen molar-refractivity contribution in [3.8, 4) is 0 Å². The Morgan fingerprint density at radius 1 is 1.00 bits per heavy atom. The Morgan fingerprint density at radius 3 is 2.44 bits per heavy atom. The van der Waals surface area contributed by atoms with Gasteiger partial charge >= 0.3 is 0 Å². The first-order valence-electron chi connectivity index (χ1n) is 7.02. The van der Waals surface area contributed by atoms with E-state index in [2.05, 4.69) is 4.90 Å². The van der Waals surface area contributed by atoms with E-state index in [9.17, 15) is 4.21 Å². The number of benzene rings is 1. The fourth-order valence-electron chi connectivity index (χ4n) is 2.44.